The van der Waals surface area contributed by atoms with Crippen LogP contribution < -0.4 is 5.73 Å². The molecule has 0 atom stereocenters. The van der Waals surface area contributed by atoms with Gasteiger partial charge < -0.3 is 5.73 Å². The van der Waals surface area contributed by atoms with Gasteiger partial charge in [0, 0.05) is 0 Å². The minimum absolute atomic E-state index is 0.111. The van der Waals surface area contributed by atoms with Gasteiger partial charge >= 0.3 is 6.18 Å². The average Bonchev–Trinajstić information content (AvgIpc) is 1.80. The molecule has 0 saturated heterocycles. The summed E-state index contributed by atoms with van der Waals surface area (Å²) in [6.45, 7) is 3.86. The van der Waals surface area contributed by atoms with Crippen molar-refractivity contribution in [3.63, 3.8) is 0 Å². The Morgan fingerprint density at radius 1 is 1.58 bits per heavy atom. The zero-order valence-electron chi connectivity index (χ0n) is 6.48. The number of amidine groups is 1. The van der Waals surface area contributed by atoms with Gasteiger partial charge in [0.25, 0.3) is 0 Å². The average molecular weight is 198 g/mol. The summed E-state index contributed by atoms with van der Waals surface area (Å²) < 4.78 is 34.7. The summed E-state index contributed by atoms with van der Waals surface area (Å²) in [5.74, 6) is 0. The molecule has 0 aliphatic carbocycles. The van der Waals surface area contributed by atoms with Gasteiger partial charge in [-0.05, 0) is 11.8 Å². The molecular formula is C6H9F3N2S. The summed E-state index contributed by atoms with van der Waals surface area (Å²) >= 11 is 0.928. The third-order valence-electron chi connectivity index (χ3n) is 0.693. The van der Waals surface area contributed by atoms with E-state index in [1.54, 1.807) is 6.92 Å². The Morgan fingerprint density at radius 2 is 2.08 bits per heavy atom. The maximum atomic E-state index is 11.6. The van der Waals surface area contributed by atoms with Gasteiger partial charge in [0.2, 0.25) is 0 Å². The highest BCUT2D eigenvalue weighted by molar-refractivity contribution is 8.17. The van der Waals surface area contributed by atoms with Gasteiger partial charge in [-0.2, -0.15) is 13.2 Å². The van der Waals surface area contributed by atoms with Crippen LogP contribution in [0.1, 0.15) is 6.92 Å². The van der Waals surface area contributed by atoms with Gasteiger partial charge in [-0.1, -0.05) is 18.3 Å². The van der Waals surface area contributed by atoms with E-state index in [-0.39, 0.29) is 5.17 Å². The molecule has 0 rings (SSSR count). The lowest BCUT2D eigenvalue weighted by molar-refractivity contribution is -0.118. The van der Waals surface area contributed by atoms with Gasteiger partial charge in [0.15, 0.2) is 5.17 Å². The quantitative estimate of drug-likeness (QED) is 0.545. The molecule has 0 spiro atoms. The highest BCUT2D eigenvalue weighted by atomic mass is 32.2. The molecule has 0 radical (unpaired) electrons. The van der Waals surface area contributed by atoms with Crippen LogP contribution in [-0.2, 0) is 0 Å². The number of halogens is 3. The maximum absolute atomic E-state index is 11.6. The summed E-state index contributed by atoms with van der Waals surface area (Å²) in [5, 5.41) is -0.111. The topological polar surface area (TPSA) is 38.4 Å². The number of allylic oxidation sites excluding steroid dienone is 1. The summed E-state index contributed by atoms with van der Waals surface area (Å²) in [5.41, 5.74) is 5.13. The zero-order chi connectivity index (χ0) is 9.78. The fourth-order valence-electron chi connectivity index (χ4n) is 0.378. The predicted octanol–water partition coefficient (Wildman–Crippen LogP) is 2.13. The Morgan fingerprint density at radius 3 is 2.42 bits per heavy atom. The van der Waals surface area contributed by atoms with Crippen molar-refractivity contribution in [1.82, 2.24) is 0 Å². The molecule has 0 amide bonds. The van der Waals surface area contributed by atoms with E-state index in [0.29, 0.717) is 4.91 Å². The largest absolute Gasteiger partial charge is 0.408 e. The van der Waals surface area contributed by atoms with Crippen LogP contribution in [-0.4, -0.2) is 17.9 Å². The normalized spacial score (nSPS) is 13.2. The molecule has 0 aromatic rings. The Bertz CT molecular complexity index is 197. The van der Waals surface area contributed by atoms with Crippen LogP contribution in [0.2, 0.25) is 0 Å². The fourth-order valence-corrected chi connectivity index (χ4v) is 0.864. The molecule has 0 bridgehead atoms. The van der Waals surface area contributed by atoms with Gasteiger partial charge in [0.1, 0.15) is 6.54 Å². The number of nitrogens with two attached hydrogens (primary N) is 1. The van der Waals surface area contributed by atoms with Crippen molar-refractivity contribution in [3.05, 3.63) is 11.5 Å². The molecule has 12 heavy (non-hydrogen) atoms. The number of thioether (sulfide) groups is 1. The van der Waals surface area contributed by atoms with Gasteiger partial charge in [0.05, 0.1) is 0 Å². The molecule has 70 valence electrons. The molecule has 0 unspecified atom stereocenters. The van der Waals surface area contributed by atoms with Crippen LogP contribution in [0.4, 0.5) is 13.2 Å². The minimum atomic E-state index is -4.29. The molecule has 0 saturated carbocycles. The lowest BCUT2D eigenvalue weighted by Gasteiger charge is -2.02. The van der Waals surface area contributed by atoms with Crippen molar-refractivity contribution < 1.29 is 13.2 Å². The first kappa shape index (κ1) is 11.4. The molecule has 0 aliphatic heterocycles. The van der Waals surface area contributed by atoms with Crippen molar-refractivity contribution in [2.24, 2.45) is 10.7 Å². The molecule has 0 fully saturated rings. The van der Waals surface area contributed by atoms with Gasteiger partial charge in [-0.25, -0.2) is 0 Å². The molecule has 6 heteroatoms. The zero-order valence-corrected chi connectivity index (χ0v) is 7.30. The smallest absolute Gasteiger partial charge is 0.378 e. The summed E-state index contributed by atoms with van der Waals surface area (Å²) in [4.78, 5) is 3.72. The lowest BCUT2D eigenvalue weighted by atomic mass is 10.7. The van der Waals surface area contributed by atoms with Gasteiger partial charge in [-0.3, -0.25) is 4.99 Å². The second-order valence-corrected chi connectivity index (χ2v) is 3.39. The molecule has 2 nitrogen and oxygen atoms in total. The van der Waals surface area contributed by atoms with Crippen LogP contribution >= 0.6 is 11.8 Å². The lowest BCUT2D eigenvalue weighted by Crippen LogP contribution is -2.16. The Labute approximate surface area is 72.7 Å². The standard InChI is InChI=1S/C6H9F3N2S/c1-4(2)12-5(10)11-3-6(7,8)9/h1,3H2,2H3,(H2,10,11). The first-order chi connectivity index (χ1) is 5.31. The molecule has 0 aliphatic rings. The highest BCUT2D eigenvalue weighted by Gasteiger charge is 2.26. The van der Waals surface area contributed by atoms with Crippen LogP contribution in [0.15, 0.2) is 16.5 Å². The second kappa shape index (κ2) is 4.39. The summed E-state index contributed by atoms with van der Waals surface area (Å²) in [6.07, 6.45) is -4.29. The summed E-state index contributed by atoms with van der Waals surface area (Å²) in [7, 11) is 0. The fraction of sp³-hybridized carbons (Fsp3) is 0.500. The van der Waals surface area contributed by atoms with E-state index >= 15 is 0 Å². The molecular weight excluding hydrogens is 189 g/mol. The Balaban J connectivity index is 3.93. The van der Waals surface area contributed by atoms with Gasteiger partial charge in [-0.15, -0.1) is 0 Å². The third kappa shape index (κ3) is 7.46. The number of alkyl halides is 3. The van der Waals surface area contributed by atoms with E-state index in [2.05, 4.69) is 11.6 Å². The monoisotopic (exact) mass is 198 g/mol. The molecule has 0 heterocycles. The van der Waals surface area contributed by atoms with E-state index in [0.717, 1.165) is 11.8 Å². The number of nitrogens with zero attached hydrogens (tertiary/aromatic N) is 1. The van der Waals surface area contributed by atoms with E-state index < -0.39 is 12.7 Å². The Hall–Kier alpha value is -0.650. The number of hydrogen-bond acceptors (Lipinski definition) is 2. The molecule has 0 aromatic heterocycles. The van der Waals surface area contributed by atoms with Crippen molar-refractivity contribution in [1.29, 1.82) is 0 Å². The minimum Gasteiger partial charge on any atom is -0.378 e. The van der Waals surface area contributed by atoms with Crippen molar-refractivity contribution >= 4 is 16.9 Å². The first-order valence-corrected chi connectivity index (χ1v) is 3.83. The number of aliphatic imine (C=N–C) groups is 1. The SMILES string of the molecule is C=C(C)SC(N)=NCC(F)(F)F. The summed E-state index contributed by atoms with van der Waals surface area (Å²) in [6, 6.07) is 0. The van der Waals surface area contributed by atoms with Crippen LogP contribution in [0, 0.1) is 0 Å². The van der Waals surface area contributed by atoms with Crippen LogP contribution in [0.25, 0.3) is 0 Å². The maximum Gasteiger partial charge on any atom is 0.408 e. The molecule has 0 aromatic carbocycles. The van der Waals surface area contributed by atoms with E-state index in [9.17, 15) is 13.2 Å². The van der Waals surface area contributed by atoms with Crippen LogP contribution in [0.5, 0.6) is 0 Å². The number of rotatable bonds is 2. The molecule has 2 N–H and O–H groups in total. The Kier molecular flexibility index (Phi) is 4.16. The van der Waals surface area contributed by atoms with Crippen molar-refractivity contribution in [3.8, 4) is 0 Å². The highest BCUT2D eigenvalue weighted by Crippen LogP contribution is 2.16. The van der Waals surface area contributed by atoms with Crippen molar-refractivity contribution in [2.45, 2.75) is 13.1 Å². The second-order valence-electron chi connectivity index (χ2n) is 2.07. The third-order valence-corrected chi connectivity index (χ3v) is 1.38. The van der Waals surface area contributed by atoms with E-state index in [1.165, 1.54) is 0 Å². The van der Waals surface area contributed by atoms with E-state index in [1.807, 2.05) is 0 Å². The van der Waals surface area contributed by atoms with Crippen LogP contribution in [0.3, 0.4) is 0 Å². The first-order valence-electron chi connectivity index (χ1n) is 3.01. The van der Waals surface area contributed by atoms with E-state index in [4.69, 9.17) is 5.73 Å². The predicted molar refractivity (Wildman–Crippen MR) is 44.9 cm³/mol. The number of hydrogen-bond donors (Lipinski definition) is 1. The van der Waals surface area contributed by atoms with Crippen molar-refractivity contribution in [2.75, 3.05) is 6.54 Å².